The van der Waals surface area contributed by atoms with Crippen LogP contribution in [0.15, 0.2) is 28.9 Å². The molecule has 0 radical (unpaired) electrons. The lowest BCUT2D eigenvalue weighted by Crippen LogP contribution is -2.26. The highest BCUT2D eigenvalue weighted by atomic mass is 79.9. The molecule has 2 aromatic rings. The third kappa shape index (κ3) is 1.73. The number of imide groups is 1. The Kier molecular flexibility index (Phi) is 2.76. The molecule has 0 aliphatic carbocycles. The maximum atomic E-state index is 12.1. The first kappa shape index (κ1) is 12.4. The van der Waals surface area contributed by atoms with Crippen LogP contribution in [0.1, 0.15) is 5.56 Å². The van der Waals surface area contributed by atoms with Crippen molar-refractivity contribution >= 4 is 55.8 Å². The van der Waals surface area contributed by atoms with Crippen molar-refractivity contribution < 1.29 is 9.59 Å². The van der Waals surface area contributed by atoms with Crippen LogP contribution >= 0.6 is 27.5 Å². The molecule has 0 spiro atoms. The number of rotatable bonds is 1. The number of hydrogen-bond donors (Lipinski definition) is 1. The topological polar surface area (TPSA) is 53.2 Å². The van der Waals surface area contributed by atoms with Crippen molar-refractivity contribution in [3.63, 3.8) is 0 Å². The molecule has 96 valence electrons. The SMILES string of the molecule is CN1C(=O)C(Br)=C(c2c[nH]c3ccc(Cl)cc23)C1=O. The number of halogens is 2. The number of amides is 2. The van der Waals surface area contributed by atoms with Gasteiger partial charge in [0.05, 0.1) is 10.1 Å². The van der Waals surface area contributed by atoms with Gasteiger partial charge in [0.2, 0.25) is 0 Å². The highest BCUT2D eigenvalue weighted by Gasteiger charge is 2.36. The molecule has 0 fully saturated rings. The molecule has 0 saturated carbocycles. The van der Waals surface area contributed by atoms with Crippen LogP contribution in [0.5, 0.6) is 0 Å². The fourth-order valence-electron chi connectivity index (χ4n) is 2.14. The minimum atomic E-state index is -0.337. The molecule has 1 aromatic carbocycles. The molecular formula is C13H8BrClN2O2. The summed E-state index contributed by atoms with van der Waals surface area (Å²) in [7, 11) is 1.46. The fraction of sp³-hybridized carbons (Fsp3) is 0.0769. The first-order valence-electron chi connectivity index (χ1n) is 5.50. The van der Waals surface area contributed by atoms with E-state index in [4.69, 9.17) is 11.6 Å². The second-order valence-corrected chi connectivity index (χ2v) is 5.48. The fourth-order valence-corrected chi connectivity index (χ4v) is 2.96. The van der Waals surface area contributed by atoms with Crippen molar-refractivity contribution in [3.05, 3.63) is 39.5 Å². The van der Waals surface area contributed by atoms with Gasteiger partial charge in [0.1, 0.15) is 0 Å². The Morgan fingerprint density at radius 3 is 2.63 bits per heavy atom. The summed E-state index contributed by atoms with van der Waals surface area (Å²) < 4.78 is 0.279. The van der Waals surface area contributed by atoms with E-state index in [9.17, 15) is 9.59 Å². The summed E-state index contributed by atoms with van der Waals surface area (Å²) in [6, 6.07) is 5.37. The predicted octanol–water partition coefficient (Wildman–Crippen LogP) is 2.93. The second kappa shape index (κ2) is 4.21. The van der Waals surface area contributed by atoms with Crippen molar-refractivity contribution in [2.45, 2.75) is 0 Å². The third-order valence-corrected chi connectivity index (χ3v) is 4.11. The Bertz CT molecular complexity index is 763. The van der Waals surface area contributed by atoms with E-state index in [1.54, 1.807) is 18.3 Å². The van der Waals surface area contributed by atoms with E-state index in [1.807, 2.05) is 6.07 Å². The molecule has 19 heavy (non-hydrogen) atoms. The summed E-state index contributed by atoms with van der Waals surface area (Å²) in [4.78, 5) is 28.1. The van der Waals surface area contributed by atoms with Gasteiger partial charge in [-0.15, -0.1) is 0 Å². The Morgan fingerprint density at radius 2 is 2.00 bits per heavy atom. The van der Waals surface area contributed by atoms with E-state index < -0.39 is 0 Å². The number of likely N-dealkylation sites (N-methyl/N-ethyl adjacent to an activating group) is 1. The van der Waals surface area contributed by atoms with Gasteiger partial charge < -0.3 is 4.98 Å². The van der Waals surface area contributed by atoms with Gasteiger partial charge in [0.15, 0.2) is 0 Å². The number of fused-ring (bicyclic) bond motifs is 1. The Hall–Kier alpha value is -1.59. The minimum Gasteiger partial charge on any atom is -0.361 e. The van der Waals surface area contributed by atoms with Crippen LogP contribution in [0.4, 0.5) is 0 Å². The number of nitrogens with one attached hydrogen (secondary N) is 1. The maximum Gasteiger partial charge on any atom is 0.268 e. The molecule has 1 aliphatic heterocycles. The van der Waals surface area contributed by atoms with Crippen molar-refractivity contribution in [2.75, 3.05) is 7.05 Å². The van der Waals surface area contributed by atoms with Crippen LogP contribution in [0, 0.1) is 0 Å². The van der Waals surface area contributed by atoms with Crippen LogP contribution in [-0.4, -0.2) is 28.7 Å². The smallest absolute Gasteiger partial charge is 0.268 e. The predicted molar refractivity (Wildman–Crippen MR) is 76.9 cm³/mol. The van der Waals surface area contributed by atoms with Crippen LogP contribution in [-0.2, 0) is 9.59 Å². The molecule has 4 nitrogen and oxygen atoms in total. The third-order valence-electron chi connectivity index (χ3n) is 3.14. The average Bonchev–Trinajstić information content (AvgIpc) is 2.86. The van der Waals surface area contributed by atoms with E-state index in [2.05, 4.69) is 20.9 Å². The lowest BCUT2D eigenvalue weighted by Gasteiger charge is -2.05. The summed E-state index contributed by atoms with van der Waals surface area (Å²) >= 11 is 9.18. The molecule has 6 heteroatoms. The van der Waals surface area contributed by atoms with E-state index in [0.717, 1.165) is 15.8 Å². The normalized spacial score (nSPS) is 16.1. The molecule has 1 aromatic heterocycles. The lowest BCUT2D eigenvalue weighted by atomic mass is 10.1. The molecule has 2 amide bonds. The highest BCUT2D eigenvalue weighted by molar-refractivity contribution is 9.12. The van der Waals surface area contributed by atoms with Gasteiger partial charge in [-0.1, -0.05) is 11.6 Å². The number of aromatic nitrogens is 1. The van der Waals surface area contributed by atoms with Crippen LogP contribution in [0.2, 0.25) is 5.02 Å². The molecule has 0 unspecified atom stereocenters. The molecule has 0 saturated heterocycles. The quantitative estimate of drug-likeness (QED) is 0.812. The highest BCUT2D eigenvalue weighted by Crippen LogP contribution is 2.36. The Morgan fingerprint density at radius 1 is 1.26 bits per heavy atom. The van der Waals surface area contributed by atoms with Crippen LogP contribution in [0.3, 0.4) is 0 Å². The molecule has 0 bridgehead atoms. The molecule has 2 heterocycles. The van der Waals surface area contributed by atoms with E-state index >= 15 is 0 Å². The summed E-state index contributed by atoms with van der Waals surface area (Å²) in [5.74, 6) is -0.658. The number of carbonyl (C=O) groups excluding carboxylic acids is 2. The average molecular weight is 340 g/mol. The number of nitrogens with zero attached hydrogens (tertiary/aromatic N) is 1. The number of H-pyrrole nitrogens is 1. The Balaban J connectivity index is 2.28. The molecular weight excluding hydrogens is 332 g/mol. The van der Waals surface area contributed by atoms with Crippen molar-refractivity contribution in [1.29, 1.82) is 0 Å². The maximum absolute atomic E-state index is 12.1. The van der Waals surface area contributed by atoms with Crippen LogP contribution < -0.4 is 0 Å². The molecule has 3 rings (SSSR count). The largest absolute Gasteiger partial charge is 0.361 e. The van der Waals surface area contributed by atoms with Gasteiger partial charge in [-0.05, 0) is 34.1 Å². The standard InChI is InChI=1S/C13H8BrClN2O2/c1-17-12(18)10(11(14)13(17)19)8-5-16-9-3-2-6(15)4-7(8)9/h2-5,16H,1H3. The first-order chi connectivity index (χ1) is 9.00. The monoisotopic (exact) mass is 338 g/mol. The van der Waals surface area contributed by atoms with Gasteiger partial charge in [0.25, 0.3) is 11.8 Å². The summed E-state index contributed by atoms with van der Waals surface area (Å²) in [6.07, 6.45) is 1.71. The van der Waals surface area contributed by atoms with Crippen molar-refractivity contribution in [2.24, 2.45) is 0 Å². The minimum absolute atomic E-state index is 0.279. The second-order valence-electron chi connectivity index (χ2n) is 4.25. The zero-order chi connectivity index (χ0) is 13.7. The van der Waals surface area contributed by atoms with Gasteiger partial charge >= 0.3 is 0 Å². The van der Waals surface area contributed by atoms with E-state index in [0.29, 0.717) is 16.2 Å². The summed E-state index contributed by atoms with van der Waals surface area (Å²) in [5, 5.41) is 1.39. The van der Waals surface area contributed by atoms with E-state index in [1.165, 1.54) is 7.05 Å². The van der Waals surface area contributed by atoms with Crippen molar-refractivity contribution in [3.8, 4) is 0 Å². The van der Waals surface area contributed by atoms with Gasteiger partial charge in [-0.2, -0.15) is 0 Å². The number of carbonyl (C=O) groups is 2. The summed E-state index contributed by atoms with van der Waals surface area (Å²) in [5.41, 5.74) is 1.90. The zero-order valence-electron chi connectivity index (χ0n) is 9.83. The number of benzene rings is 1. The van der Waals surface area contributed by atoms with Crippen molar-refractivity contribution in [1.82, 2.24) is 9.88 Å². The van der Waals surface area contributed by atoms with Gasteiger partial charge in [0, 0.05) is 34.7 Å². The van der Waals surface area contributed by atoms with E-state index in [-0.39, 0.29) is 16.3 Å². The van der Waals surface area contributed by atoms with Gasteiger partial charge in [-0.3, -0.25) is 14.5 Å². The lowest BCUT2D eigenvalue weighted by molar-refractivity contribution is -0.134. The molecule has 0 atom stereocenters. The molecule has 1 aliphatic rings. The zero-order valence-corrected chi connectivity index (χ0v) is 12.2. The first-order valence-corrected chi connectivity index (χ1v) is 6.67. The summed E-state index contributed by atoms with van der Waals surface area (Å²) in [6.45, 7) is 0. The number of hydrogen-bond acceptors (Lipinski definition) is 2. The molecule has 1 N–H and O–H groups in total. The van der Waals surface area contributed by atoms with Gasteiger partial charge in [-0.25, -0.2) is 0 Å². The van der Waals surface area contributed by atoms with Crippen LogP contribution in [0.25, 0.3) is 16.5 Å². The number of aromatic amines is 1. The Labute approximate surface area is 122 Å².